The van der Waals surface area contributed by atoms with Gasteiger partial charge in [-0.2, -0.15) is 0 Å². The topological polar surface area (TPSA) is 0 Å². The second kappa shape index (κ2) is 10.9. The van der Waals surface area contributed by atoms with E-state index < -0.39 is 0 Å². The van der Waals surface area contributed by atoms with Crippen molar-refractivity contribution in [3.05, 3.63) is 144 Å². The molecule has 0 aromatic heterocycles. The van der Waals surface area contributed by atoms with E-state index in [-0.39, 0.29) is 16.2 Å². The first-order chi connectivity index (χ1) is 17.2. The van der Waals surface area contributed by atoms with Gasteiger partial charge in [-0.25, -0.2) is 0 Å². The third-order valence-corrected chi connectivity index (χ3v) is 8.23. The molecule has 0 saturated heterocycles. The van der Waals surface area contributed by atoms with Crippen LogP contribution in [0.4, 0.5) is 0 Å². The lowest BCUT2D eigenvalue weighted by atomic mass is 9.59. The van der Waals surface area contributed by atoms with Gasteiger partial charge in [0, 0.05) is 0 Å². The molecule has 0 heterocycles. The van der Waals surface area contributed by atoms with E-state index in [2.05, 4.69) is 156 Å². The van der Waals surface area contributed by atoms with Gasteiger partial charge in [-0.3, -0.25) is 0 Å². The minimum Gasteiger partial charge on any atom is -0.0622 e. The molecule has 0 N–H and O–H groups in total. The van der Waals surface area contributed by atoms with Crippen molar-refractivity contribution in [2.45, 2.75) is 76.0 Å². The van der Waals surface area contributed by atoms with Gasteiger partial charge in [0.25, 0.3) is 0 Å². The van der Waals surface area contributed by atoms with Gasteiger partial charge in [0.05, 0.1) is 0 Å². The summed E-state index contributed by atoms with van der Waals surface area (Å²) < 4.78 is 0. The molecule has 0 heteroatoms. The predicted octanol–water partition coefficient (Wildman–Crippen LogP) is 9.85. The Bertz CT molecular complexity index is 1190. The Kier molecular flexibility index (Phi) is 7.84. The van der Waals surface area contributed by atoms with Crippen LogP contribution in [0.5, 0.6) is 0 Å². The van der Waals surface area contributed by atoms with Crippen molar-refractivity contribution >= 4 is 0 Å². The molecule has 0 aliphatic rings. The van der Waals surface area contributed by atoms with E-state index in [1.165, 1.54) is 22.3 Å². The van der Waals surface area contributed by atoms with Crippen molar-refractivity contribution in [2.75, 3.05) is 0 Å². The largest absolute Gasteiger partial charge is 0.0622 e. The van der Waals surface area contributed by atoms with Crippen LogP contribution < -0.4 is 0 Å². The first-order valence-electron chi connectivity index (χ1n) is 13.4. The molecule has 0 aliphatic heterocycles. The zero-order valence-corrected chi connectivity index (χ0v) is 22.7. The monoisotopic (exact) mass is 474 g/mol. The summed E-state index contributed by atoms with van der Waals surface area (Å²) in [6.07, 6.45) is 3.27. The summed E-state index contributed by atoms with van der Waals surface area (Å²) in [4.78, 5) is 0. The van der Waals surface area contributed by atoms with Gasteiger partial charge in [0.1, 0.15) is 0 Å². The van der Waals surface area contributed by atoms with Crippen LogP contribution in [0.1, 0.15) is 82.1 Å². The lowest BCUT2D eigenvalue weighted by Gasteiger charge is -2.45. The van der Waals surface area contributed by atoms with Crippen molar-refractivity contribution in [1.29, 1.82) is 0 Å². The zero-order valence-electron chi connectivity index (χ0n) is 22.7. The molecule has 0 nitrogen and oxygen atoms in total. The van der Waals surface area contributed by atoms with Crippen LogP contribution in [0.15, 0.2) is 121 Å². The van der Waals surface area contributed by atoms with Crippen molar-refractivity contribution < 1.29 is 0 Å². The molecule has 0 aliphatic carbocycles. The molecule has 0 spiro atoms. The Balaban J connectivity index is 1.76. The summed E-state index contributed by atoms with van der Waals surface area (Å²) in [7, 11) is 0. The molecule has 4 rings (SSSR count). The predicted molar refractivity (Wildman–Crippen MR) is 156 cm³/mol. The summed E-state index contributed by atoms with van der Waals surface area (Å²) in [6.45, 7) is 12.2. The highest BCUT2D eigenvalue weighted by Crippen LogP contribution is 2.49. The molecule has 0 radical (unpaired) electrons. The average molecular weight is 475 g/mol. The second-order valence-corrected chi connectivity index (χ2v) is 12.0. The highest BCUT2D eigenvalue weighted by Gasteiger charge is 2.42. The molecule has 0 bridgehead atoms. The highest BCUT2D eigenvalue weighted by atomic mass is 14.5. The molecular weight excluding hydrogens is 432 g/mol. The van der Waals surface area contributed by atoms with E-state index in [9.17, 15) is 0 Å². The minimum atomic E-state index is 0.00159. The lowest BCUT2D eigenvalue weighted by molar-refractivity contribution is 0.230. The quantitative estimate of drug-likeness (QED) is 0.214. The fraction of sp³-hybridized carbons (Fsp3) is 0.333. The summed E-state index contributed by atoms with van der Waals surface area (Å²) in [5.41, 5.74) is 5.78. The first kappa shape index (κ1) is 26.0. The average Bonchev–Trinajstić information content (AvgIpc) is 2.90. The summed E-state index contributed by atoms with van der Waals surface area (Å²) in [6, 6.07) is 44.5. The Hall–Kier alpha value is -3.12. The smallest absolute Gasteiger partial charge is 0.00586 e. The number of hydrogen-bond acceptors (Lipinski definition) is 0. The maximum Gasteiger partial charge on any atom is -0.00586 e. The molecule has 3 atom stereocenters. The van der Waals surface area contributed by atoms with Gasteiger partial charge < -0.3 is 0 Å². The van der Waals surface area contributed by atoms with E-state index >= 15 is 0 Å². The fourth-order valence-corrected chi connectivity index (χ4v) is 6.64. The molecule has 0 saturated carbocycles. The standard InChI is InChI=1S/C36H42/c1-29(30-18-10-6-11-19-30)26-35(4,32-22-14-8-15-23-32)28-36(5,33-24-16-9-17-25-33)27-34(2,3)31-20-12-7-13-21-31/h6-25,29H,26-28H2,1-5H3. The maximum absolute atomic E-state index is 2.50. The van der Waals surface area contributed by atoms with Crippen molar-refractivity contribution in [1.82, 2.24) is 0 Å². The Morgan fingerprint density at radius 2 is 0.861 bits per heavy atom. The zero-order chi connectivity index (χ0) is 25.7. The van der Waals surface area contributed by atoms with Gasteiger partial charge in [-0.1, -0.05) is 156 Å². The number of hydrogen-bond donors (Lipinski definition) is 0. The summed E-state index contributed by atoms with van der Waals surface area (Å²) >= 11 is 0. The Morgan fingerprint density at radius 3 is 1.33 bits per heavy atom. The van der Waals surface area contributed by atoms with E-state index in [0.29, 0.717) is 5.92 Å². The normalized spacial score (nSPS) is 16.0. The molecule has 36 heavy (non-hydrogen) atoms. The third kappa shape index (κ3) is 5.98. The van der Waals surface area contributed by atoms with Crippen LogP contribution >= 0.6 is 0 Å². The second-order valence-electron chi connectivity index (χ2n) is 12.0. The SMILES string of the molecule is CC(CC(C)(CC(C)(CC(C)(C)c1ccccc1)c1ccccc1)c1ccccc1)c1ccccc1. The molecule has 0 fully saturated rings. The molecule has 4 aromatic carbocycles. The van der Waals surface area contributed by atoms with Crippen LogP contribution in [0, 0.1) is 0 Å². The number of rotatable bonds is 10. The van der Waals surface area contributed by atoms with Gasteiger partial charge in [0.15, 0.2) is 0 Å². The van der Waals surface area contributed by atoms with Gasteiger partial charge in [-0.05, 0) is 63.7 Å². The van der Waals surface area contributed by atoms with Crippen LogP contribution in [-0.4, -0.2) is 0 Å². The van der Waals surface area contributed by atoms with E-state index in [0.717, 1.165) is 19.3 Å². The molecule has 186 valence electrons. The molecule has 0 amide bonds. The van der Waals surface area contributed by atoms with Crippen LogP contribution in [-0.2, 0) is 16.2 Å². The van der Waals surface area contributed by atoms with Gasteiger partial charge in [-0.15, -0.1) is 0 Å². The number of benzene rings is 4. The molecular formula is C36H42. The summed E-state index contributed by atoms with van der Waals surface area (Å²) in [5.74, 6) is 0.471. The summed E-state index contributed by atoms with van der Waals surface area (Å²) in [5, 5.41) is 0. The van der Waals surface area contributed by atoms with Crippen molar-refractivity contribution in [3.63, 3.8) is 0 Å². The maximum atomic E-state index is 2.50. The van der Waals surface area contributed by atoms with E-state index in [1.54, 1.807) is 0 Å². The van der Waals surface area contributed by atoms with Crippen molar-refractivity contribution in [2.24, 2.45) is 0 Å². The van der Waals surface area contributed by atoms with Gasteiger partial charge in [0.2, 0.25) is 0 Å². The van der Waals surface area contributed by atoms with Crippen LogP contribution in [0.2, 0.25) is 0 Å². The fourth-order valence-electron chi connectivity index (χ4n) is 6.64. The first-order valence-corrected chi connectivity index (χ1v) is 13.4. The van der Waals surface area contributed by atoms with Crippen molar-refractivity contribution in [3.8, 4) is 0 Å². The lowest BCUT2D eigenvalue weighted by Crippen LogP contribution is -2.39. The molecule has 4 aromatic rings. The van der Waals surface area contributed by atoms with Crippen LogP contribution in [0.3, 0.4) is 0 Å². The van der Waals surface area contributed by atoms with E-state index in [4.69, 9.17) is 0 Å². The third-order valence-electron chi connectivity index (χ3n) is 8.23. The van der Waals surface area contributed by atoms with E-state index in [1.807, 2.05) is 0 Å². The highest BCUT2D eigenvalue weighted by molar-refractivity contribution is 5.34. The minimum absolute atomic E-state index is 0.00159. The van der Waals surface area contributed by atoms with Crippen LogP contribution in [0.25, 0.3) is 0 Å². The van der Waals surface area contributed by atoms with Gasteiger partial charge >= 0.3 is 0 Å². The Labute approximate surface area is 219 Å². The Morgan fingerprint density at radius 1 is 0.472 bits per heavy atom. The molecule has 3 unspecified atom stereocenters.